The summed E-state index contributed by atoms with van der Waals surface area (Å²) in [6.45, 7) is 0.148. The van der Waals surface area contributed by atoms with E-state index >= 15 is 0 Å². The maximum Gasteiger partial charge on any atom is 0.268 e. The number of carbonyl (C=O) groups excluding carboxylic acids is 2. The Balaban J connectivity index is 1.78. The molecule has 0 unspecified atom stereocenters. The van der Waals surface area contributed by atoms with Gasteiger partial charge in [-0.1, -0.05) is 47.6 Å². The van der Waals surface area contributed by atoms with Crippen LogP contribution in [0.1, 0.15) is 11.1 Å². The highest BCUT2D eigenvalue weighted by molar-refractivity contribution is 8.04. The number of hydrogen-bond acceptors (Lipinski definition) is 5. The van der Waals surface area contributed by atoms with Crippen molar-refractivity contribution in [3.8, 4) is 5.75 Å². The molecule has 0 saturated heterocycles. The summed E-state index contributed by atoms with van der Waals surface area (Å²) in [5.74, 6) is -0.166. The molecule has 1 aliphatic rings. The van der Waals surface area contributed by atoms with Crippen LogP contribution in [0.5, 0.6) is 5.75 Å². The van der Waals surface area contributed by atoms with Crippen molar-refractivity contribution in [2.45, 2.75) is 11.4 Å². The number of imide groups is 1. The van der Waals surface area contributed by atoms with E-state index in [0.29, 0.717) is 26.8 Å². The van der Waals surface area contributed by atoms with Gasteiger partial charge in [0, 0.05) is 27.9 Å². The van der Waals surface area contributed by atoms with Crippen molar-refractivity contribution in [2.75, 3.05) is 7.11 Å². The van der Waals surface area contributed by atoms with Gasteiger partial charge in [-0.3, -0.25) is 19.5 Å². The number of nitrogens with zero attached hydrogens (tertiary/aromatic N) is 2. The molecule has 7 heteroatoms. The van der Waals surface area contributed by atoms with Gasteiger partial charge in [-0.25, -0.2) is 0 Å². The molecule has 1 aliphatic heterocycles. The molecule has 2 aromatic carbocycles. The molecule has 0 N–H and O–H groups in total. The van der Waals surface area contributed by atoms with Gasteiger partial charge >= 0.3 is 0 Å². The van der Waals surface area contributed by atoms with Crippen molar-refractivity contribution in [3.05, 3.63) is 94.1 Å². The molecule has 0 radical (unpaired) electrons. The second kappa shape index (κ2) is 8.73. The van der Waals surface area contributed by atoms with Crippen molar-refractivity contribution < 1.29 is 14.3 Å². The van der Waals surface area contributed by atoms with E-state index in [1.54, 1.807) is 49.8 Å². The van der Waals surface area contributed by atoms with Crippen molar-refractivity contribution in [2.24, 2.45) is 0 Å². The van der Waals surface area contributed by atoms with Crippen LogP contribution in [0.3, 0.4) is 0 Å². The van der Waals surface area contributed by atoms with E-state index in [0.717, 1.165) is 10.5 Å². The summed E-state index contributed by atoms with van der Waals surface area (Å²) < 4.78 is 5.46. The van der Waals surface area contributed by atoms with Crippen LogP contribution in [0.25, 0.3) is 5.57 Å². The van der Waals surface area contributed by atoms with Gasteiger partial charge in [-0.2, -0.15) is 0 Å². The van der Waals surface area contributed by atoms with E-state index in [9.17, 15) is 9.59 Å². The lowest BCUT2D eigenvalue weighted by molar-refractivity contribution is -0.137. The van der Waals surface area contributed by atoms with Gasteiger partial charge in [0.1, 0.15) is 5.75 Å². The smallest absolute Gasteiger partial charge is 0.268 e. The van der Waals surface area contributed by atoms with Gasteiger partial charge in [0.05, 0.1) is 24.1 Å². The molecule has 0 bridgehead atoms. The first-order valence-corrected chi connectivity index (χ1v) is 10.3. The largest absolute Gasteiger partial charge is 0.496 e. The van der Waals surface area contributed by atoms with E-state index in [4.69, 9.17) is 16.3 Å². The number of pyridine rings is 1. The molecule has 0 aliphatic carbocycles. The number of aromatic nitrogens is 1. The highest BCUT2D eigenvalue weighted by atomic mass is 35.5. The monoisotopic (exact) mass is 436 g/mol. The van der Waals surface area contributed by atoms with Crippen LogP contribution in [-0.4, -0.2) is 28.8 Å². The Morgan fingerprint density at radius 2 is 1.77 bits per heavy atom. The lowest BCUT2D eigenvalue weighted by Gasteiger charge is -2.15. The highest BCUT2D eigenvalue weighted by Gasteiger charge is 2.40. The van der Waals surface area contributed by atoms with Crippen LogP contribution < -0.4 is 4.74 Å². The molecule has 5 nitrogen and oxygen atoms in total. The molecule has 0 saturated carbocycles. The maximum absolute atomic E-state index is 13.4. The van der Waals surface area contributed by atoms with Crippen LogP contribution in [0.15, 0.2) is 82.9 Å². The number of hydrogen-bond donors (Lipinski definition) is 0. The minimum atomic E-state index is -0.357. The Morgan fingerprint density at radius 1 is 1.00 bits per heavy atom. The standard InChI is InChI=1S/C23H17ClN2O3S/c1-29-19-7-3-2-6-18(19)20-21(30-17-10-8-16(24)9-11-17)23(28)26(22(20)27)14-15-5-4-12-25-13-15/h2-13H,14H2,1H3. The van der Waals surface area contributed by atoms with Gasteiger partial charge in [-0.05, 0) is 42.0 Å². The second-order valence-corrected chi connectivity index (χ2v) is 8.04. The number of rotatable bonds is 6. The van der Waals surface area contributed by atoms with E-state index in [1.807, 2.05) is 30.3 Å². The van der Waals surface area contributed by atoms with Crippen LogP contribution >= 0.6 is 23.4 Å². The van der Waals surface area contributed by atoms with E-state index in [2.05, 4.69) is 4.98 Å². The number of thioether (sulfide) groups is 1. The summed E-state index contributed by atoms with van der Waals surface area (Å²) in [6.07, 6.45) is 3.30. The van der Waals surface area contributed by atoms with Crippen LogP contribution in [-0.2, 0) is 16.1 Å². The minimum absolute atomic E-state index is 0.148. The van der Waals surface area contributed by atoms with Gasteiger partial charge < -0.3 is 4.74 Å². The third kappa shape index (κ3) is 3.97. The van der Waals surface area contributed by atoms with Crippen LogP contribution in [0.4, 0.5) is 0 Å². The average molecular weight is 437 g/mol. The Morgan fingerprint density at radius 3 is 2.47 bits per heavy atom. The minimum Gasteiger partial charge on any atom is -0.496 e. The van der Waals surface area contributed by atoms with Gasteiger partial charge in [0.2, 0.25) is 0 Å². The predicted octanol–water partition coefficient (Wildman–Crippen LogP) is 4.82. The molecule has 2 heterocycles. The fraction of sp³-hybridized carbons (Fsp3) is 0.0870. The number of ether oxygens (including phenoxy) is 1. The van der Waals surface area contributed by atoms with Gasteiger partial charge in [-0.15, -0.1) is 0 Å². The molecule has 1 aromatic heterocycles. The third-order valence-electron chi connectivity index (χ3n) is 4.60. The molecule has 30 heavy (non-hydrogen) atoms. The topological polar surface area (TPSA) is 59.5 Å². The maximum atomic E-state index is 13.4. The first kappa shape index (κ1) is 20.2. The fourth-order valence-electron chi connectivity index (χ4n) is 3.18. The molecule has 0 spiro atoms. The molecule has 150 valence electrons. The van der Waals surface area contributed by atoms with Gasteiger partial charge in [0.25, 0.3) is 11.8 Å². The average Bonchev–Trinajstić information content (AvgIpc) is 3.00. The Kier molecular flexibility index (Phi) is 5.88. The van der Waals surface area contributed by atoms with E-state index < -0.39 is 0 Å². The fourth-order valence-corrected chi connectivity index (χ4v) is 4.31. The summed E-state index contributed by atoms with van der Waals surface area (Å²) in [6, 6.07) is 18.0. The molecular formula is C23H17ClN2O3S. The molecule has 4 rings (SSSR count). The van der Waals surface area contributed by atoms with Crippen molar-refractivity contribution >= 4 is 40.8 Å². The zero-order valence-corrected chi connectivity index (χ0v) is 17.6. The van der Waals surface area contributed by atoms with Crippen LogP contribution in [0.2, 0.25) is 5.02 Å². The summed E-state index contributed by atoms with van der Waals surface area (Å²) in [4.78, 5) is 33.2. The first-order valence-electron chi connectivity index (χ1n) is 9.14. The molecule has 0 fully saturated rings. The Labute approximate surface area is 183 Å². The van der Waals surface area contributed by atoms with Crippen molar-refractivity contribution in [1.82, 2.24) is 9.88 Å². The predicted molar refractivity (Wildman–Crippen MR) is 117 cm³/mol. The molecule has 3 aromatic rings. The van der Waals surface area contributed by atoms with Crippen LogP contribution in [0, 0.1) is 0 Å². The molecular weight excluding hydrogens is 420 g/mol. The Bertz CT molecular complexity index is 1130. The Hall–Kier alpha value is -3.09. The van der Waals surface area contributed by atoms with E-state index in [1.165, 1.54) is 16.7 Å². The lowest BCUT2D eigenvalue weighted by Crippen LogP contribution is -2.31. The van der Waals surface area contributed by atoms with Crippen molar-refractivity contribution in [3.63, 3.8) is 0 Å². The summed E-state index contributed by atoms with van der Waals surface area (Å²) in [7, 11) is 1.54. The molecule has 0 atom stereocenters. The zero-order chi connectivity index (χ0) is 21.1. The number of amides is 2. The van der Waals surface area contributed by atoms with E-state index in [-0.39, 0.29) is 18.4 Å². The lowest BCUT2D eigenvalue weighted by atomic mass is 10.0. The summed E-state index contributed by atoms with van der Waals surface area (Å²) in [5, 5.41) is 0.602. The van der Waals surface area contributed by atoms with Gasteiger partial charge in [0.15, 0.2) is 0 Å². The summed E-state index contributed by atoms with van der Waals surface area (Å²) >= 11 is 7.23. The summed E-state index contributed by atoms with van der Waals surface area (Å²) in [5.41, 5.74) is 1.70. The SMILES string of the molecule is COc1ccccc1C1=C(Sc2ccc(Cl)cc2)C(=O)N(Cc2cccnc2)C1=O. The number of para-hydroxylation sites is 1. The number of benzene rings is 2. The van der Waals surface area contributed by atoms with Crippen molar-refractivity contribution in [1.29, 1.82) is 0 Å². The second-order valence-electron chi connectivity index (χ2n) is 6.52. The number of carbonyl (C=O) groups is 2. The first-order chi connectivity index (χ1) is 14.6. The number of methoxy groups -OCH3 is 1. The molecule has 2 amide bonds. The number of halogens is 1. The zero-order valence-electron chi connectivity index (χ0n) is 16.0. The normalized spacial score (nSPS) is 13.9. The third-order valence-corrected chi connectivity index (χ3v) is 5.94. The quantitative estimate of drug-likeness (QED) is 0.518. The highest BCUT2D eigenvalue weighted by Crippen LogP contribution is 2.42.